The van der Waals surface area contributed by atoms with Gasteiger partial charge in [0.05, 0.1) is 17.3 Å². The Morgan fingerprint density at radius 2 is 1.85 bits per heavy atom. The maximum Gasteiger partial charge on any atom is 0.729 e. The minimum absolute atomic E-state index is 0.343. The summed E-state index contributed by atoms with van der Waals surface area (Å²) in [6, 6.07) is 1.51. The molecule has 1 aromatic carbocycles. The summed E-state index contributed by atoms with van der Waals surface area (Å²) in [5.41, 5.74) is -1.78. The zero-order valence-electron chi connectivity index (χ0n) is 9.55. The van der Waals surface area contributed by atoms with Crippen molar-refractivity contribution in [1.29, 1.82) is 0 Å². The molecule has 0 aliphatic heterocycles. The Morgan fingerprint density at radius 1 is 1.25 bits per heavy atom. The van der Waals surface area contributed by atoms with Crippen molar-refractivity contribution in [2.24, 2.45) is 0 Å². The molecule has 0 N–H and O–H groups in total. The first-order chi connectivity index (χ1) is 9.09. The Labute approximate surface area is 111 Å². The summed E-state index contributed by atoms with van der Waals surface area (Å²) in [5.74, 6) is -1.70. The van der Waals surface area contributed by atoms with Gasteiger partial charge < -0.3 is 0 Å². The van der Waals surface area contributed by atoms with Crippen molar-refractivity contribution < 1.29 is 44.1 Å². The van der Waals surface area contributed by atoms with Crippen molar-refractivity contribution in [2.45, 2.75) is 11.1 Å². The summed E-state index contributed by atoms with van der Waals surface area (Å²) in [5, 5.41) is 0. The van der Waals surface area contributed by atoms with Crippen LogP contribution in [0.15, 0.2) is 23.1 Å². The van der Waals surface area contributed by atoms with E-state index in [1.807, 2.05) is 0 Å². The summed E-state index contributed by atoms with van der Waals surface area (Å²) in [6.07, 6.45) is -5.14. The van der Waals surface area contributed by atoms with E-state index in [0.29, 0.717) is 18.2 Å². The molecule has 0 saturated carbocycles. The van der Waals surface area contributed by atoms with E-state index < -0.39 is 40.8 Å². The molecule has 12 heteroatoms. The highest BCUT2D eigenvalue weighted by Gasteiger charge is 2.41. The second kappa shape index (κ2) is 6.10. The Hall–Kier alpha value is -1.13. The molecule has 0 spiro atoms. The van der Waals surface area contributed by atoms with Crippen LogP contribution in [0.3, 0.4) is 0 Å². The molecule has 0 heterocycles. The number of alkyl halides is 3. The first-order valence-corrected chi connectivity index (χ1v) is 7.08. The molecule has 1 rings (SSSR count). The highest BCUT2D eigenvalue weighted by molar-refractivity contribution is 7.86. The van der Waals surface area contributed by atoms with Gasteiger partial charge in [-0.1, -0.05) is 10.4 Å². The third-order valence-corrected chi connectivity index (χ3v) is 3.61. The maximum atomic E-state index is 13.4. The molecule has 112 valence electrons. The maximum absolute atomic E-state index is 13.4. The van der Waals surface area contributed by atoms with Gasteiger partial charge in [-0.15, -0.1) is 4.52 Å². The molecule has 0 aliphatic carbocycles. The van der Waals surface area contributed by atoms with Gasteiger partial charge in [0.25, 0.3) is 0 Å². The van der Waals surface area contributed by atoms with Gasteiger partial charge in [0.2, 0.25) is 0 Å². The van der Waals surface area contributed by atoms with E-state index in [0.717, 1.165) is 7.11 Å². The fraction of sp³-hybridized carbons (Fsp3) is 0.250. The van der Waals surface area contributed by atoms with Crippen LogP contribution in [-0.2, 0) is 34.4 Å². The highest BCUT2D eigenvalue weighted by atomic mass is 32.2. The summed E-state index contributed by atoms with van der Waals surface area (Å²) in [4.78, 5) is -1.77. The van der Waals surface area contributed by atoms with Crippen LogP contribution in [0.25, 0.3) is 0 Å². The molecule has 1 atom stereocenters. The molecule has 0 bridgehead atoms. The van der Waals surface area contributed by atoms with Crippen LogP contribution in [0, 0.1) is 5.82 Å². The summed E-state index contributed by atoms with van der Waals surface area (Å²) in [7, 11) is -7.47. The largest absolute Gasteiger partial charge is 0.729 e. The Balaban J connectivity index is 3.28. The first kappa shape index (κ1) is 16.9. The van der Waals surface area contributed by atoms with Crippen LogP contribution in [0.4, 0.5) is 17.6 Å². The van der Waals surface area contributed by atoms with E-state index >= 15 is 0 Å². The fourth-order valence-electron chi connectivity index (χ4n) is 1.12. The van der Waals surface area contributed by atoms with E-state index in [2.05, 4.69) is 13.5 Å². The number of halogens is 4. The lowest BCUT2D eigenvalue weighted by molar-refractivity contribution is -0.141. The summed E-state index contributed by atoms with van der Waals surface area (Å²) in [6.45, 7) is 0. The minimum atomic E-state index is -5.29. The molecule has 1 unspecified atom stereocenters. The van der Waals surface area contributed by atoms with Crippen LogP contribution >= 0.6 is 8.25 Å². The lowest BCUT2D eigenvalue weighted by Crippen LogP contribution is -2.16. The van der Waals surface area contributed by atoms with Crippen molar-refractivity contribution in [3.8, 4) is 0 Å². The molecule has 0 aliphatic rings. The van der Waals surface area contributed by atoms with Crippen LogP contribution in [-0.4, -0.2) is 15.5 Å². The summed E-state index contributed by atoms with van der Waals surface area (Å²) >= 11 is 0. The van der Waals surface area contributed by atoms with E-state index in [1.54, 1.807) is 0 Å². The van der Waals surface area contributed by atoms with Crippen LogP contribution in [0.5, 0.6) is 0 Å². The molecule has 0 fully saturated rings. The van der Waals surface area contributed by atoms with Crippen molar-refractivity contribution in [3.05, 3.63) is 29.6 Å². The molecular weight excluding hydrogens is 331 g/mol. The zero-order valence-corrected chi connectivity index (χ0v) is 11.3. The monoisotopic (exact) mass is 337 g/mol. The number of rotatable bonds is 5. The number of hydrogen-bond donors (Lipinski definition) is 0. The van der Waals surface area contributed by atoms with Gasteiger partial charge in [-0.05, 0) is 12.1 Å². The zero-order chi connectivity index (χ0) is 15.6. The quantitative estimate of drug-likeness (QED) is 0.356. The van der Waals surface area contributed by atoms with Crippen molar-refractivity contribution in [3.63, 3.8) is 0 Å². The molecule has 0 amide bonds. The topological polar surface area (TPSA) is 78.9 Å². The number of benzene rings is 1. The smallest absolute Gasteiger partial charge is 0.205 e. The predicted octanol–water partition coefficient (Wildman–Crippen LogP) is 2.79. The Morgan fingerprint density at radius 3 is 2.35 bits per heavy atom. The first-order valence-electron chi connectivity index (χ1n) is 4.58. The molecule has 20 heavy (non-hydrogen) atoms. The highest BCUT2D eigenvalue weighted by Crippen LogP contribution is 2.37. The van der Waals surface area contributed by atoms with Crippen LogP contribution < -0.4 is 0 Å². The normalized spacial score (nSPS) is 13.3. The lowest BCUT2D eigenvalue weighted by Gasteiger charge is -2.11. The molecular formula is C8H6F4O6PS+. The standard InChI is InChI=1S/C8H6F4O6PS/c1-16-19(13)17-18-20(14,15)7-5(8(10,11)12)3-2-4-6(7)9/h2-4H,1H3/q+1. The molecule has 6 nitrogen and oxygen atoms in total. The van der Waals surface area contributed by atoms with E-state index in [1.165, 1.54) is 0 Å². The van der Waals surface area contributed by atoms with Gasteiger partial charge in [-0.25, -0.2) is 4.39 Å². The van der Waals surface area contributed by atoms with E-state index in [4.69, 9.17) is 0 Å². The van der Waals surface area contributed by atoms with Gasteiger partial charge >= 0.3 is 24.5 Å². The predicted molar refractivity (Wildman–Crippen MR) is 55.4 cm³/mol. The molecule has 0 saturated heterocycles. The lowest BCUT2D eigenvalue weighted by atomic mass is 10.2. The van der Waals surface area contributed by atoms with Crippen molar-refractivity contribution >= 4 is 18.4 Å². The van der Waals surface area contributed by atoms with Crippen molar-refractivity contribution in [2.75, 3.05) is 7.11 Å². The second-order valence-electron chi connectivity index (χ2n) is 3.12. The molecule has 0 radical (unpaired) electrons. The van der Waals surface area contributed by atoms with Gasteiger partial charge in [0, 0.05) is 4.57 Å². The number of hydrogen-bond acceptors (Lipinski definition) is 6. The molecule has 1 aromatic rings. The van der Waals surface area contributed by atoms with Gasteiger partial charge in [0.1, 0.15) is 10.7 Å². The Bertz CT molecular complexity index is 614. The minimum Gasteiger partial charge on any atom is -0.205 e. The van der Waals surface area contributed by atoms with Crippen LogP contribution in [0.2, 0.25) is 0 Å². The average molecular weight is 337 g/mol. The summed E-state index contributed by atoms with van der Waals surface area (Å²) < 4.78 is 96.1. The average Bonchev–Trinajstić information content (AvgIpc) is 2.34. The van der Waals surface area contributed by atoms with Crippen LogP contribution in [0.1, 0.15) is 5.56 Å². The van der Waals surface area contributed by atoms with E-state index in [-0.39, 0.29) is 0 Å². The molecule has 0 aromatic heterocycles. The third kappa shape index (κ3) is 3.93. The van der Waals surface area contributed by atoms with Gasteiger partial charge in [0.15, 0.2) is 0 Å². The van der Waals surface area contributed by atoms with Crippen molar-refractivity contribution in [1.82, 2.24) is 0 Å². The Kier molecular flexibility index (Phi) is 5.16. The SMILES string of the molecule is CO[P+](=O)OOS(=O)(=O)c1c(F)cccc1C(F)(F)F. The fourth-order valence-corrected chi connectivity index (χ4v) is 2.52. The van der Waals surface area contributed by atoms with Gasteiger partial charge in [-0.3, -0.25) is 0 Å². The second-order valence-corrected chi connectivity index (χ2v) is 5.53. The third-order valence-electron chi connectivity index (χ3n) is 1.85. The van der Waals surface area contributed by atoms with Gasteiger partial charge in [-0.2, -0.15) is 21.6 Å². The van der Waals surface area contributed by atoms with E-state index in [9.17, 15) is 30.5 Å².